The predicted molar refractivity (Wildman–Crippen MR) is 141 cm³/mol. The highest BCUT2D eigenvalue weighted by atomic mass is 16.2. The fourth-order valence-corrected chi connectivity index (χ4v) is 5.15. The summed E-state index contributed by atoms with van der Waals surface area (Å²) < 4.78 is 0. The van der Waals surface area contributed by atoms with Crippen LogP contribution in [-0.2, 0) is 11.3 Å². The van der Waals surface area contributed by atoms with Crippen molar-refractivity contribution in [2.45, 2.75) is 13.0 Å². The second-order valence-corrected chi connectivity index (χ2v) is 9.87. The first-order chi connectivity index (χ1) is 17.4. The highest BCUT2D eigenvalue weighted by Gasteiger charge is 2.33. The van der Waals surface area contributed by atoms with E-state index in [1.807, 2.05) is 17.0 Å². The normalized spacial score (nSPS) is 20.5. The first-order valence-electron chi connectivity index (χ1n) is 12.5. The smallest absolute Gasteiger partial charge is 0.325 e. The summed E-state index contributed by atoms with van der Waals surface area (Å²) in [6.07, 6.45) is 4.03. The molecule has 2 saturated heterocycles. The van der Waals surface area contributed by atoms with Gasteiger partial charge in [0.05, 0.1) is 6.54 Å². The van der Waals surface area contributed by atoms with Crippen LogP contribution in [0.4, 0.5) is 27.9 Å². The van der Waals surface area contributed by atoms with Gasteiger partial charge in [0, 0.05) is 76.0 Å². The highest BCUT2D eigenvalue weighted by Crippen LogP contribution is 2.29. The lowest BCUT2D eigenvalue weighted by Gasteiger charge is -2.35. The SMILES string of the molecule is C=CC(=O)N1CCC(CN2Cc3cnc(Nc4ccc(N5CCN(C)CC5)cc4)nc3N(C)C2=O)C1. The Balaban J connectivity index is 1.22. The number of carbonyl (C=O) groups excluding carboxylic acids is 2. The van der Waals surface area contributed by atoms with E-state index < -0.39 is 0 Å². The Hall–Kier alpha value is -3.66. The van der Waals surface area contributed by atoms with Gasteiger partial charge in [-0.3, -0.25) is 9.69 Å². The molecule has 1 atom stereocenters. The molecule has 3 amide bonds. The minimum absolute atomic E-state index is 0.0488. The number of fused-ring (bicyclic) bond motifs is 1. The largest absolute Gasteiger partial charge is 0.369 e. The fraction of sp³-hybridized carbons (Fsp3) is 0.462. The molecule has 1 aromatic carbocycles. The molecule has 0 spiro atoms. The number of piperazine rings is 1. The molecule has 2 aromatic rings. The van der Waals surface area contributed by atoms with Crippen LogP contribution in [0, 0.1) is 5.92 Å². The van der Waals surface area contributed by atoms with Crippen LogP contribution in [0.15, 0.2) is 43.1 Å². The number of benzene rings is 1. The van der Waals surface area contributed by atoms with Crippen LogP contribution in [0.2, 0.25) is 0 Å². The average molecular weight is 491 g/mol. The van der Waals surface area contributed by atoms with Crippen LogP contribution in [0.25, 0.3) is 0 Å². The number of carbonyl (C=O) groups is 2. The standard InChI is InChI=1S/C26H34N8O2/c1-4-23(35)33-10-9-19(16-33)17-34-18-20-15-27-25(29-24(20)31(3)26(34)36)28-21-5-7-22(8-6-21)32-13-11-30(2)12-14-32/h4-8,15,19H,1,9-14,16-18H2,2-3H3,(H,27,28,29). The van der Waals surface area contributed by atoms with Gasteiger partial charge in [-0.15, -0.1) is 0 Å². The average Bonchev–Trinajstić information content (AvgIpc) is 3.36. The molecule has 10 heteroatoms. The summed E-state index contributed by atoms with van der Waals surface area (Å²) in [5.74, 6) is 1.29. The van der Waals surface area contributed by atoms with E-state index in [-0.39, 0.29) is 17.9 Å². The molecule has 2 fully saturated rings. The Morgan fingerprint density at radius 2 is 1.89 bits per heavy atom. The second-order valence-electron chi connectivity index (χ2n) is 9.87. The molecule has 1 unspecified atom stereocenters. The Bertz CT molecular complexity index is 1130. The topological polar surface area (TPSA) is 88.2 Å². The number of likely N-dealkylation sites (N-methyl/N-ethyl adjacent to an activating group) is 1. The lowest BCUT2D eigenvalue weighted by atomic mass is 10.1. The van der Waals surface area contributed by atoms with Crippen molar-refractivity contribution in [3.63, 3.8) is 0 Å². The summed E-state index contributed by atoms with van der Waals surface area (Å²) in [5, 5.41) is 3.27. The Kier molecular flexibility index (Phi) is 6.77. The molecular formula is C26H34N8O2. The van der Waals surface area contributed by atoms with Crippen molar-refractivity contribution in [2.75, 3.05) is 75.0 Å². The van der Waals surface area contributed by atoms with Gasteiger partial charge < -0.3 is 24.9 Å². The fourth-order valence-electron chi connectivity index (χ4n) is 5.15. The summed E-state index contributed by atoms with van der Waals surface area (Å²) in [4.78, 5) is 44.1. The summed E-state index contributed by atoms with van der Waals surface area (Å²) in [6, 6.07) is 8.22. The van der Waals surface area contributed by atoms with E-state index in [1.54, 1.807) is 23.0 Å². The first kappa shape index (κ1) is 24.1. The second kappa shape index (κ2) is 10.1. The predicted octanol–water partition coefficient (Wildman–Crippen LogP) is 2.38. The van der Waals surface area contributed by atoms with Gasteiger partial charge in [0.1, 0.15) is 5.82 Å². The minimum atomic E-state index is -0.0859. The van der Waals surface area contributed by atoms with Gasteiger partial charge in [0.2, 0.25) is 11.9 Å². The number of aromatic nitrogens is 2. The lowest BCUT2D eigenvalue weighted by Crippen LogP contribution is -2.47. The quantitative estimate of drug-likeness (QED) is 0.622. The molecule has 3 aliphatic heterocycles. The van der Waals surface area contributed by atoms with Gasteiger partial charge in [-0.1, -0.05) is 6.58 Å². The Morgan fingerprint density at radius 3 is 2.61 bits per heavy atom. The number of urea groups is 1. The maximum atomic E-state index is 13.1. The van der Waals surface area contributed by atoms with Gasteiger partial charge in [-0.05, 0) is 49.7 Å². The maximum Gasteiger partial charge on any atom is 0.325 e. The third-order valence-corrected chi connectivity index (χ3v) is 7.32. The van der Waals surface area contributed by atoms with E-state index in [0.717, 1.165) is 43.9 Å². The molecule has 5 rings (SSSR count). The molecule has 0 aliphatic carbocycles. The molecule has 0 bridgehead atoms. The van der Waals surface area contributed by atoms with Crippen LogP contribution in [0.1, 0.15) is 12.0 Å². The zero-order valence-electron chi connectivity index (χ0n) is 21.1. The zero-order chi connectivity index (χ0) is 25.2. The third-order valence-electron chi connectivity index (χ3n) is 7.32. The summed E-state index contributed by atoms with van der Waals surface area (Å²) in [5.41, 5.74) is 3.02. The number of nitrogens with one attached hydrogen (secondary N) is 1. The molecular weight excluding hydrogens is 456 g/mol. The summed E-state index contributed by atoms with van der Waals surface area (Å²) in [7, 11) is 3.90. The van der Waals surface area contributed by atoms with Gasteiger partial charge in [0.15, 0.2) is 0 Å². The zero-order valence-corrected chi connectivity index (χ0v) is 21.1. The van der Waals surface area contributed by atoms with Crippen molar-refractivity contribution in [1.82, 2.24) is 24.7 Å². The van der Waals surface area contributed by atoms with E-state index in [0.29, 0.717) is 37.9 Å². The minimum Gasteiger partial charge on any atom is -0.369 e. The first-order valence-corrected chi connectivity index (χ1v) is 12.5. The van der Waals surface area contributed by atoms with Gasteiger partial charge in [-0.25, -0.2) is 9.78 Å². The van der Waals surface area contributed by atoms with Gasteiger partial charge in [-0.2, -0.15) is 4.98 Å². The molecule has 3 aliphatic rings. The van der Waals surface area contributed by atoms with E-state index in [4.69, 9.17) is 0 Å². The van der Waals surface area contributed by atoms with Crippen LogP contribution >= 0.6 is 0 Å². The molecule has 10 nitrogen and oxygen atoms in total. The van der Waals surface area contributed by atoms with E-state index in [1.165, 1.54) is 11.8 Å². The van der Waals surface area contributed by atoms with Crippen molar-refractivity contribution in [3.8, 4) is 0 Å². The Labute approximate surface area is 212 Å². The van der Waals surface area contributed by atoms with Crippen molar-refractivity contribution < 1.29 is 9.59 Å². The van der Waals surface area contributed by atoms with Crippen LogP contribution in [0.5, 0.6) is 0 Å². The maximum absolute atomic E-state index is 13.1. The van der Waals surface area contributed by atoms with Crippen molar-refractivity contribution in [2.24, 2.45) is 5.92 Å². The summed E-state index contributed by atoms with van der Waals surface area (Å²) >= 11 is 0. The number of hydrogen-bond donors (Lipinski definition) is 1. The number of hydrogen-bond acceptors (Lipinski definition) is 7. The number of likely N-dealkylation sites (tertiary alicyclic amines) is 1. The molecule has 4 heterocycles. The van der Waals surface area contributed by atoms with E-state index in [9.17, 15) is 9.59 Å². The van der Waals surface area contributed by atoms with Crippen molar-refractivity contribution in [3.05, 3.63) is 48.7 Å². The monoisotopic (exact) mass is 490 g/mol. The number of amides is 3. The molecule has 1 N–H and O–H groups in total. The van der Waals surface area contributed by atoms with Crippen molar-refractivity contribution >= 4 is 35.1 Å². The van der Waals surface area contributed by atoms with Crippen LogP contribution in [0.3, 0.4) is 0 Å². The van der Waals surface area contributed by atoms with Crippen molar-refractivity contribution in [1.29, 1.82) is 0 Å². The van der Waals surface area contributed by atoms with E-state index >= 15 is 0 Å². The molecule has 36 heavy (non-hydrogen) atoms. The Morgan fingerprint density at radius 1 is 1.14 bits per heavy atom. The number of nitrogens with zero attached hydrogens (tertiary/aromatic N) is 7. The van der Waals surface area contributed by atoms with Gasteiger partial charge in [0.25, 0.3) is 0 Å². The number of anilines is 4. The lowest BCUT2D eigenvalue weighted by molar-refractivity contribution is -0.125. The molecule has 0 radical (unpaired) electrons. The third kappa shape index (κ3) is 4.99. The number of rotatable bonds is 6. The van der Waals surface area contributed by atoms with Crippen LogP contribution in [-0.4, -0.2) is 96.5 Å². The summed E-state index contributed by atoms with van der Waals surface area (Å²) in [6.45, 7) is 10.2. The van der Waals surface area contributed by atoms with E-state index in [2.05, 4.69) is 50.8 Å². The molecule has 0 saturated carbocycles. The van der Waals surface area contributed by atoms with Gasteiger partial charge >= 0.3 is 6.03 Å². The highest BCUT2D eigenvalue weighted by molar-refractivity contribution is 5.93. The molecule has 190 valence electrons. The van der Waals surface area contributed by atoms with Crippen LogP contribution < -0.4 is 15.1 Å². The molecule has 1 aromatic heterocycles.